The van der Waals surface area contributed by atoms with Gasteiger partial charge >= 0.3 is 6.09 Å². The molecule has 1 saturated heterocycles. The molecular formula is C16H28N4O3. The van der Waals surface area contributed by atoms with Gasteiger partial charge in [0.1, 0.15) is 5.60 Å². The number of rotatable bonds is 5. The summed E-state index contributed by atoms with van der Waals surface area (Å²) in [5.74, 6) is 0. The van der Waals surface area contributed by atoms with Crippen molar-refractivity contribution >= 4 is 6.09 Å². The number of aromatic nitrogens is 2. The second-order valence-corrected chi connectivity index (χ2v) is 6.67. The number of hydrogen-bond donors (Lipinski definition) is 1. The van der Waals surface area contributed by atoms with E-state index in [2.05, 4.69) is 17.3 Å². The van der Waals surface area contributed by atoms with Gasteiger partial charge in [-0.3, -0.25) is 9.58 Å². The maximum Gasteiger partial charge on any atom is 0.410 e. The summed E-state index contributed by atoms with van der Waals surface area (Å²) in [6, 6.07) is 1.98. The van der Waals surface area contributed by atoms with E-state index in [1.165, 1.54) is 0 Å². The zero-order chi connectivity index (χ0) is 16.9. The Morgan fingerprint density at radius 2 is 2.30 bits per heavy atom. The van der Waals surface area contributed by atoms with Gasteiger partial charge in [0.2, 0.25) is 0 Å². The van der Waals surface area contributed by atoms with Gasteiger partial charge in [0.05, 0.1) is 24.9 Å². The molecule has 1 fully saturated rings. The van der Waals surface area contributed by atoms with E-state index < -0.39 is 5.60 Å². The van der Waals surface area contributed by atoms with Gasteiger partial charge in [0, 0.05) is 32.4 Å². The molecule has 1 atom stereocenters. The van der Waals surface area contributed by atoms with Gasteiger partial charge in [-0.2, -0.15) is 5.10 Å². The molecule has 0 saturated carbocycles. The third-order valence-electron chi connectivity index (χ3n) is 3.65. The van der Waals surface area contributed by atoms with Crippen molar-refractivity contribution in [3.63, 3.8) is 0 Å². The molecule has 0 aromatic carbocycles. The van der Waals surface area contributed by atoms with Crippen LogP contribution in [0.25, 0.3) is 0 Å². The Morgan fingerprint density at radius 3 is 3.00 bits per heavy atom. The Labute approximate surface area is 137 Å². The quantitative estimate of drug-likeness (QED) is 0.891. The summed E-state index contributed by atoms with van der Waals surface area (Å²) in [4.78, 5) is 14.1. The summed E-state index contributed by atoms with van der Waals surface area (Å²) in [5, 5.41) is 7.64. The van der Waals surface area contributed by atoms with E-state index in [1.54, 1.807) is 11.1 Å². The van der Waals surface area contributed by atoms with E-state index in [0.717, 1.165) is 12.2 Å². The van der Waals surface area contributed by atoms with Gasteiger partial charge in [-0.1, -0.05) is 0 Å². The number of carbonyl (C=O) groups excluding carboxylic acids is 1. The molecule has 23 heavy (non-hydrogen) atoms. The largest absolute Gasteiger partial charge is 0.444 e. The van der Waals surface area contributed by atoms with Crippen molar-refractivity contribution in [2.24, 2.45) is 0 Å². The van der Waals surface area contributed by atoms with Gasteiger partial charge in [-0.25, -0.2) is 4.79 Å². The Bertz CT molecular complexity index is 510. The van der Waals surface area contributed by atoms with E-state index in [0.29, 0.717) is 32.8 Å². The zero-order valence-corrected chi connectivity index (χ0v) is 14.5. The van der Waals surface area contributed by atoms with Crippen molar-refractivity contribution < 1.29 is 14.3 Å². The highest BCUT2D eigenvalue weighted by molar-refractivity contribution is 5.68. The Balaban J connectivity index is 1.87. The van der Waals surface area contributed by atoms with Crippen molar-refractivity contribution in [1.29, 1.82) is 0 Å². The predicted octanol–water partition coefficient (Wildman–Crippen LogP) is 1.63. The molecule has 0 radical (unpaired) electrons. The lowest BCUT2D eigenvalue weighted by Gasteiger charge is -2.36. The van der Waals surface area contributed by atoms with E-state index >= 15 is 0 Å². The lowest BCUT2D eigenvalue weighted by molar-refractivity contribution is -0.0317. The topological polar surface area (TPSA) is 68.6 Å². The monoisotopic (exact) mass is 324 g/mol. The van der Waals surface area contributed by atoms with Crippen molar-refractivity contribution in [2.45, 2.75) is 52.4 Å². The van der Waals surface area contributed by atoms with Crippen LogP contribution < -0.4 is 5.32 Å². The molecule has 0 aliphatic carbocycles. The lowest BCUT2D eigenvalue weighted by atomic mass is 10.2. The molecular weight excluding hydrogens is 296 g/mol. The third-order valence-corrected chi connectivity index (χ3v) is 3.65. The first kappa shape index (κ1) is 17.7. The molecule has 7 heteroatoms. The minimum atomic E-state index is -0.485. The van der Waals surface area contributed by atoms with Crippen LogP contribution in [0.4, 0.5) is 4.79 Å². The molecule has 1 aliphatic rings. The highest BCUT2D eigenvalue weighted by Gasteiger charge is 2.30. The van der Waals surface area contributed by atoms with Crippen LogP contribution >= 0.6 is 0 Å². The molecule has 1 unspecified atom stereocenters. The Morgan fingerprint density at radius 1 is 1.52 bits per heavy atom. The number of ether oxygens (including phenoxy) is 2. The van der Waals surface area contributed by atoms with Crippen LogP contribution in [0.2, 0.25) is 0 Å². The van der Waals surface area contributed by atoms with Gasteiger partial charge in [-0.15, -0.1) is 0 Å². The average molecular weight is 324 g/mol. The number of amides is 1. The van der Waals surface area contributed by atoms with Gasteiger partial charge in [0.25, 0.3) is 0 Å². The fourth-order valence-corrected chi connectivity index (χ4v) is 2.55. The smallest absolute Gasteiger partial charge is 0.410 e. The fraction of sp³-hybridized carbons (Fsp3) is 0.750. The first-order chi connectivity index (χ1) is 10.9. The summed E-state index contributed by atoms with van der Waals surface area (Å²) < 4.78 is 13.0. The number of nitrogens with one attached hydrogen (secondary N) is 1. The fourth-order valence-electron chi connectivity index (χ4n) is 2.55. The SMILES string of the molecule is CCn1nccc1CNCC1COCCN1C(=O)OC(C)(C)C. The molecule has 1 amide bonds. The maximum absolute atomic E-state index is 12.3. The minimum Gasteiger partial charge on any atom is -0.444 e. The van der Waals surface area contributed by atoms with Gasteiger partial charge in [0.15, 0.2) is 0 Å². The van der Waals surface area contributed by atoms with Crippen molar-refractivity contribution in [2.75, 3.05) is 26.3 Å². The molecule has 2 rings (SSSR count). The summed E-state index contributed by atoms with van der Waals surface area (Å²) >= 11 is 0. The van der Waals surface area contributed by atoms with Crippen LogP contribution in [0, 0.1) is 0 Å². The summed E-state index contributed by atoms with van der Waals surface area (Å²) in [6.45, 7) is 11.6. The van der Waals surface area contributed by atoms with Crippen LogP contribution in [0.5, 0.6) is 0 Å². The van der Waals surface area contributed by atoms with Crippen LogP contribution in [-0.2, 0) is 22.6 Å². The summed E-state index contributed by atoms with van der Waals surface area (Å²) in [7, 11) is 0. The highest BCUT2D eigenvalue weighted by atomic mass is 16.6. The molecule has 0 bridgehead atoms. The van der Waals surface area contributed by atoms with Gasteiger partial charge < -0.3 is 14.8 Å². The predicted molar refractivity (Wildman–Crippen MR) is 87.2 cm³/mol. The Hall–Kier alpha value is -1.60. The maximum atomic E-state index is 12.3. The van der Waals surface area contributed by atoms with Gasteiger partial charge in [-0.05, 0) is 33.8 Å². The second kappa shape index (κ2) is 7.79. The van der Waals surface area contributed by atoms with Crippen LogP contribution in [-0.4, -0.2) is 58.7 Å². The lowest BCUT2D eigenvalue weighted by Crippen LogP contribution is -2.54. The van der Waals surface area contributed by atoms with Crippen molar-refractivity contribution in [3.05, 3.63) is 18.0 Å². The number of nitrogens with zero attached hydrogens (tertiary/aromatic N) is 3. The normalized spacial score (nSPS) is 19.0. The zero-order valence-electron chi connectivity index (χ0n) is 14.5. The number of aryl methyl sites for hydroxylation is 1. The Kier molecular flexibility index (Phi) is 6.01. The highest BCUT2D eigenvalue weighted by Crippen LogP contribution is 2.14. The van der Waals surface area contributed by atoms with E-state index in [1.807, 2.05) is 31.5 Å². The van der Waals surface area contributed by atoms with Crippen molar-refractivity contribution in [3.8, 4) is 0 Å². The molecule has 1 N–H and O–H groups in total. The van der Waals surface area contributed by atoms with Crippen LogP contribution in [0.15, 0.2) is 12.3 Å². The average Bonchev–Trinajstić information content (AvgIpc) is 2.93. The molecule has 2 heterocycles. The van der Waals surface area contributed by atoms with E-state index in [-0.39, 0.29) is 12.1 Å². The molecule has 1 aliphatic heterocycles. The molecule has 7 nitrogen and oxygen atoms in total. The first-order valence-corrected chi connectivity index (χ1v) is 8.19. The number of morpholine rings is 1. The van der Waals surface area contributed by atoms with Crippen LogP contribution in [0.1, 0.15) is 33.4 Å². The minimum absolute atomic E-state index is 0.0170. The van der Waals surface area contributed by atoms with E-state index in [9.17, 15) is 4.79 Å². The number of carbonyl (C=O) groups is 1. The third kappa shape index (κ3) is 5.21. The second-order valence-electron chi connectivity index (χ2n) is 6.67. The first-order valence-electron chi connectivity index (χ1n) is 8.19. The molecule has 130 valence electrons. The number of hydrogen-bond acceptors (Lipinski definition) is 5. The molecule has 1 aromatic rings. The molecule has 1 aromatic heterocycles. The standard InChI is InChI=1S/C16H28N4O3/c1-5-20-13(6-7-18-20)10-17-11-14-12-22-9-8-19(14)15(21)23-16(2,3)4/h6-7,14,17H,5,8-12H2,1-4H3. The van der Waals surface area contributed by atoms with Crippen molar-refractivity contribution in [1.82, 2.24) is 20.0 Å². The summed E-state index contributed by atoms with van der Waals surface area (Å²) in [6.07, 6.45) is 1.53. The summed E-state index contributed by atoms with van der Waals surface area (Å²) in [5.41, 5.74) is 0.647. The molecule has 0 spiro atoms. The van der Waals surface area contributed by atoms with E-state index in [4.69, 9.17) is 9.47 Å². The van der Waals surface area contributed by atoms with Crippen LogP contribution in [0.3, 0.4) is 0 Å².